The zero-order valence-electron chi connectivity index (χ0n) is 22.3. The zero-order valence-corrected chi connectivity index (χ0v) is 22.3. The van der Waals surface area contributed by atoms with Crippen molar-refractivity contribution in [1.29, 1.82) is 0 Å². The number of benzene rings is 1. The Kier molecular flexibility index (Phi) is 6.33. The fourth-order valence-corrected chi connectivity index (χ4v) is 5.61. The van der Waals surface area contributed by atoms with Crippen LogP contribution in [0.4, 0.5) is 0 Å². The predicted molar refractivity (Wildman–Crippen MR) is 140 cm³/mol. The number of ether oxygens (including phenoxy) is 2. The molecule has 3 aliphatic rings. The van der Waals surface area contributed by atoms with Crippen LogP contribution >= 0.6 is 0 Å². The van der Waals surface area contributed by atoms with E-state index >= 15 is 0 Å². The molecule has 1 aliphatic carbocycles. The van der Waals surface area contributed by atoms with E-state index in [0.717, 1.165) is 5.56 Å². The summed E-state index contributed by atoms with van der Waals surface area (Å²) in [5.41, 5.74) is 6.30. The van der Waals surface area contributed by atoms with Gasteiger partial charge in [0.2, 0.25) is 11.8 Å². The van der Waals surface area contributed by atoms with E-state index in [9.17, 15) is 14.7 Å². The van der Waals surface area contributed by atoms with Gasteiger partial charge < -0.3 is 25.6 Å². The predicted octanol–water partition coefficient (Wildman–Crippen LogP) is 2.48. The summed E-state index contributed by atoms with van der Waals surface area (Å²) in [4.78, 5) is 37.3. The molecular formula is C28H35N5O5. The van der Waals surface area contributed by atoms with E-state index in [2.05, 4.69) is 15.3 Å². The highest BCUT2D eigenvalue weighted by Gasteiger charge is 2.54. The molecule has 0 saturated heterocycles. The second kappa shape index (κ2) is 9.27. The Morgan fingerprint density at radius 2 is 2.00 bits per heavy atom. The Balaban J connectivity index is 1.44. The molecule has 4 N–H and O–H groups in total. The first kappa shape index (κ1) is 26.0. The number of pyridine rings is 1. The van der Waals surface area contributed by atoms with Crippen LogP contribution < -0.4 is 20.5 Å². The number of rotatable bonds is 6. The number of nitrogens with one attached hydrogen (secondary N) is 1. The minimum atomic E-state index is -0.953. The Labute approximate surface area is 222 Å². The molecule has 2 amide bonds. The molecule has 202 valence electrons. The van der Waals surface area contributed by atoms with Gasteiger partial charge in [0.15, 0.2) is 5.96 Å². The monoisotopic (exact) mass is 521 g/mol. The van der Waals surface area contributed by atoms with Crippen LogP contribution in [0.2, 0.25) is 0 Å². The minimum absolute atomic E-state index is 0.126. The molecule has 1 aromatic carbocycles. The van der Waals surface area contributed by atoms with Gasteiger partial charge in [0.05, 0.1) is 37.4 Å². The average Bonchev–Trinajstić information content (AvgIpc) is 3.64. The largest absolute Gasteiger partial charge is 0.495 e. The van der Waals surface area contributed by atoms with Gasteiger partial charge in [-0.25, -0.2) is 4.99 Å². The Morgan fingerprint density at radius 3 is 2.71 bits per heavy atom. The normalized spacial score (nSPS) is 27.9. The van der Waals surface area contributed by atoms with Crippen molar-refractivity contribution in [3.8, 4) is 11.5 Å². The molecule has 1 aromatic heterocycles. The maximum Gasteiger partial charge on any atom is 0.232 e. The van der Waals surface area contributed by atoms with Crippen molar-refractivity contribution in [2.24, 2.45) is 22.6 Å². The number of methoxy groups -OCH3 is 1. The van der Waals surface area contributed by atoms with Crippen molar-refractivity contribution in [3.63, 3.8) is 0 Å². The third-order valence-electron chi connectivity index (χ3n) is 7.64. The van der Waals surface area contributed by atoms with Gasteiger partial charge in [-0.05, 0) is 57.7 Å². The SMILES string of the molecule is COc1cncc([C@H]([C@@H]2C[C@H]2C(=O)N[C@@H]2c3ccccc3OC(C)(C)[C@H]2O)N2C(=O)CC(C)(C)N=C2N)c1. The van der Waals surface area contributed by atoms with E-state index in [4.69, 9.17) is 15.2 Å². The van der Waals surface area contributed by atoms with E-state index in [1.165, 1.54) is 4.90 Å². The molecule has 10 nitrogen and oxygen atoms in total. The first-order valence-corrected chi connectivity index (χ1v) is 12.8. The number of aliphatic imine (C=N–C) groups is 1. The molecule has 1 saturated carbocycles. The molecule has 0 spiro atoms. The number of nitrogens with zero attached hydrogens (tertiary/aromatic N) is 3. The lowest BCUT2D eigenvalue weighted by Gasteiger charge is -2.42. The van der Waals surface area contributed by atoms with Crippen LogP contribution in [0.25, 0.3) is 0 Å². The van der Waals surface area contributed by atoms with Crippen molar-refractivity contribution in [3.05, 3.63) is 53.9 Å². The number of nitrogens with two attached hydrogens (primary N) is 1. The number of aliphatic hydroxyl groups excluding tert-OH is 1. The molecule has 5 atom stereocenters. The van der Waals surface area contributed by atoms with Gasteiger partial charge >= 0.3 is 0 Å². The van der Waals surface area contributed by atoms with Gasteiger partial charge in [-0.1, -0.05) is 18.2 Å². The van der Waals surface area contributed by atoms with Crippen LogP contribution in [0.5, 0.6) is 11.5 Å². The van der Waals surface area contributed by atoms with Gasteiger partial charge in [0.25, 0.3) is 0 Å². The summed E-state index contributed by atoms with van der Waals surface area (Å²) in [5, 5.41) is 14.1. The number of aromatic nitrogens is 1. The Hall–Kier alpha value is -3.66. The molecule has 10 heteroatoms. The van der Waals surface area contributed by atoms with Crippen molar-refractivity contribution in [1.82, 2.24) is 15.2 Å². The van der Waals surface area contributed by atoms with E-state index in [1.807, 2.05) is 44.2 Å². The number of aliphatic hydroxyl groups is 1. The van der Waals surface area contributed by atoms with Gasteiger partial charge in [0.1, 0.15) is 23.2 Å². The molecule has 0 radical (unpaired) electrons. The first-order valence-electron chi connectivity index (χ1n) is 12.8. The van der Waals surface area contributed by atoms with Gasteiger partial charge in [-0.3, -0.25) is 19.5 Å². The number of amides is 2. The number of para-hydroxylation sites is 1. The molecule has 0 unspecified atom stereocenters. The Morgan fingerprint density at radius 1 is 1.26 bits per heavy atom. The molecule has 5 rings (SSSR count). The molecule has 1 fully saturated rings. The highest BCUT2D eigenvalue weighted by atomic mass is 16.5. The minimum Gasteiger partial charge on any atom is -0.495 e. The summed E-state index contributed by atoms with van der Waals surface area (Å²) in [7, 11) is 1.55. The topological polar surface area (TPSA) is 139 Å². The van der Waals surface area contributed by atoms with Crippen molar-refractivity contribution in [2.75, 3.05) is 7.11 Å². The molecule has 2 aliphatic heterocycles. The lowest BCUT2D eigenvalue weighted by molar-refractivity contribution is -0.132. The molecule has 3 heterocycles. The third kappa shape index (κ3) is 4.69. The number of guanidine groups is 1. The van der Waals surface area contributed by atoms with Crippen LogP contribution in [0.15, 0.2) is 47.7 Å². The fraction of sp³-hybridized carbons (Fsp3) is 0.500. The van der Waals surface area contributed by atoms with E-state index in [0.29, 0.717) is 23.5 Å². The first-order chi connectivity index (χ1) is 17.9. The second-order valence-electron chi connectivity index (χ2n) is 11.5. The smallest absolute Gasteiger partial charge is 0.232 e. The summed E-state index contributed by atoms with van der Waals surface area (Å²) in [5.74, 6) is 0.324. The summed E-state index contributed by atoms with van der Waals surface area (Å²) in [6.07, 6.45) is 3.04. The Bertz CT molecular complexity index is 1290. The third-order valence-corrected chi connectivity index (χ3v) is 7.64. The van der Waals surface area contributed by atoms with Gasteiger partial charge in [-0.2, -0.15) is 0 Å². The summed E-state index contributed by atoms with van der Waals surface area (Å²) >= 11 is 0. The standard InChI is InChI=1S/C28H35N5O5/c1-27(2)12-21(34)33(26(29)32-27)23(15-10-16(37-5)14-30-13-15)18-11-19(18)25(36)31-22-17-8-6-7-9-20(17)38-28(3,4)24(22)35/h6-10,13-14,18-19,22-24,35H,11-12H2,1-5H3,(H2,29,32)(H,31,36)/t18-,19-,22-,23-,24+/m1/s1. The van der Waals surface area contributed by atoms with Gasteiger partial charge in [0, 0.05) is 17.7 Å². The average molecular weight is 522 g/mol. The van der Waals surface area contributed by atoms with E-state index in [1.54, 1.807) is 33.4 Å². The highest BCUT2D eigenvalue weighted by Crippen LogP contribution is 2.52. The van der Waals surface area contributed by atoms with E-state index < -0.39 is 35.2 Å². The zero-order chi connectivity index (χ0) is 27.4. The maximum absolute atomic E-state index is 13.6. The molecule has 2 aromatic rings. The second-order valence-corrected chi connectivity index (χ2v) is 11.5. The van der Waals surface area contributed by atoms with Crippen LogP contribution in [0, 0.1) is 11.8 Å². The quantitative estimate of drug-likeness (QED) is 0.531. The van der Waals surface area contributed by atoms with Crippen LogP contribution in [-0.4, -0.2) is 57.1 Å². The van der Waals surface area contributed by atoms with E-state index in [-0.39, 0.29) is 30.1 Å². The maximum atomic E-state index is 13.6. The van der Waals surface area contributed by atoms with Gasteiger partial charge in [-0.15, -0.1) is 0 Å². The number of carbonyl (C=O) groups excluding carboxylic acids is 2. The lowest BCUT2D eigenvalue weighted by Crippen LogP contribution is -2.54. The van der Waals surface area contributed by atoms with Crippen LogP contribution in [-0.2, 0) is 9.59 Å². The summed E-state index contributed by atoms with van der Waals surface area (Å²) < 4.78 is 11.4. The fourth-order valence-electron chi connectivity index (χ4n) is 5.61. The number of carbonyl (C=O) groups is 2. The summed E-state index contributed by atoms with van der Waals surface area (Å²) in [6, 6.07) is 8.03. The van der Waals surface area contributed by atoms with Crippen molar-refractivity contribution in [2.45, 2.75) is 69.9 Å². The summed E-state index contributed by atoms with van der Waals surface area (Å²) in [6.45, 7) is 7.32. The van der Waals surface area contributed by atoms with Crippen molar-refractivity contribution < 1.29 is 24.2 Å². The number of fused-ring (bicyclic) bond motifs is 1. The molecular weight excluding hydrogens is 486 g/mol. The number of hydrogen-bond donors (Lipinski definition) is 3. The van der Waals surface area contributed by atoms with Crippen LogP contribution in [0.3, 0.4) is 0 Å². The molecule has 0 bridgehead atoms. The number of hydrogen-bond acceptors (Lipinski definition) is 8. The van der Waals surface area contributed by atoms with Crippen LogP contribution in [0.1, 0.15) is 63.7 Å². The lowest BCUT2D eigenvalue weighted by atomic mass is 9.86. The van der Waals surface area contributed by atoms with Crippen molar-refractivity contribution >= 4 is 17.8 Å². The molecule has 38 heavy (non-hydrogen) atoms. The highest BCUT2D eigenvalue weighted by molar-refractivity contribution is 5.99.